The molecule has 138 valence electrons. The molecule has 4 nitrogen and oxygen atoms in total. The Morgan fingerprint density at radius 2 is 1.67 bits per heavy atom. The number of rotatable bonds is 4. The molecule has 3 aromatic rings. The van der Waals surface area contributed by atoms with Gasteiger partial charge in [-0.3, -0.25) is 9.91 Å². The minimum absolute atomic E-state index is 0.263. The number of aromatic hydroxyl groups is 1. The first-order valence-electron chi connectivity index (χ1n) is 9.15. The molecular weight excluding hydrogens is 358 g/mol. The van der Waals surface area contributed by atoms with Gasteiger partial charge in [0.1, 0.15) is 5.75 Å². The van der Waals surface area contributed by atoms with Crippen molar-refractivity contribution in [2.75, 3.05) is 26.2 Å². The Hall–Kier alpha value is -2.56. The molecule has 27 heavy (non-hydrogen) atoms. The molecule has 0 spiro atoms. The SMILES string of the molecule is Oc1ccc2ccccc2c1/C=N\N1CCN(Cc2ccc(Cl)cc2)CC1. The maximum absolute atomic E-state index is 10.2. The van der Waals surface area contributed by atoms with Gasteiger partial charge in [0, 0.05) is 43.3 Å². The van der Waals surface area contributed by atoms with Crippen LogP contribution in [0.2, 0.25) is 5.02 Å². The van der Waals surface area contributed by atoms with Gasteiger partial charge in [-0.1, -0.05) is 54.1 Å². The Labute approximate surface area is 164 Å². The standard InChI is InChI=1S/C22H22ClN3O/c23-19-8-5-17(6-9-19)16-25-11-13-26(14-12-25)24-15-21-20-4-2-1-3-18(20)7-10-22(21)27/h1-10,15,27H,11-14,16H2/b24-15-. The molecule has 0 bridgehead atoms. The van der Waals surface area contributed by atoms with E-state index in [0.29, 0.717) is 0 Å². The number of phenolic OH excluding ortho intramolecular Hbond substituents is 1. The summed E-state index contributed by atoms with van der Waals surface area (Å²) in [6.07, 6.45) is 1.78. The van der Waals surface area contributed by atoms with Crippen molar-refractivity contribution in [1.82, 2.24) is 9.91 Å². The third kappa shape index (κ3) is 4.24. The van der Waals surface area contributed by atoms with Crippen molar-refractivity contribution in [1.29, 1.82) is 0 Å². The van der Waals surface area contributed by atoms with Crippen LogP contribution < -0.4 is 0 Å². The average molecular weight is 380 g/mol. The highest BCUT2D eigenvalue weighted by Crippen LogP contribution is 2.25. The number of phenols is 1. The summed E-state index contributed by atoms with van der Waals surface area (Å²) in [5.41, 5.74) is 2.05. The minimum atomic E-state index is 0.263. The molecule has 0 aliphatic carbocycles. The van der Waals surface area contributed by atoms with Crippen LogP contribution in [0, 0.1) is 0 Å². The molecule has 5 heteroatoms. The monoisotopic (exact) mass is 379 g/mol. The molecule has 0 radical (unpaired) electrons. The second-order valence-corrected chi connectivity index (χ2v) is 7.26. The number of fused-ring (bicyclic) bond motifs is 1. The molecule has 1 saturated heterocycles. The van der Waals surface area contributed by atoms with Gasteiger partial charge in [-0.25, -0.2) is 0 Å². The number of nitrogens with zero attached hydrogens (tertiary/aromatic N) is 3. The Bertz CT molecular complexity index is 947. The molecule has 0 saturated carbocycles. The molecular formula is C22H22ClN3O. The molecule has 1 heterocycles. The molecule has 0 atom stereocenters. The van der Waals surface area contributed by atoms with E-state index in [0.717, 1.165) is 54.1 Å². The van der Waals surface area contributed by atoms with E-state index in [9.17, 15) is 5.11 Å². The zero-order valence-corrected chi connectivity index (χ0v) is 15.8. The van der Waals surface area contributed by atoms with Crippen LogP contribution in [-0.4, -0.2) is 47.4 Å². The summed E-state index contributed by atoms with van der Waals surface area (Å²) < 4.78 is 0. The number of benzene rings is 3. The van der Waals surface area contributed by atoms with Crippen LogP contribution in [0.4, 0.5) is 0 Å². The van der Waals surface area contributed by atoms with Crippen molar-refractivity contribution in [3.05, 3.63) is 76.8 Å². The predicted molar refractivity (Wildman–Crippen MR) is 112 cm³/mol. The minimum Gasteiger partial charge on any atom is -0.507 e. The third-order valence-corrected chi connectivity index (χ3v) is 5.22. The van der Waals surface area contributed by atoms with Crippen LogP contribution in [0.5, 0.6) is 5.75 Å². The molecule has 1 aliphatic heterocycles. The number of halogens is 1. The lowest BCUT2D eigenvalue weighted by atomic mass is 10.0. The summed E-state index contributed by atoms with van der Waals surface area (Å²) in [6, 6.07) is 19.7. The average Bonchev–Trinajstić information content (AvgIpc) is 2.70. The van der Waals surface area contributed by atoms with Gasteiger partial charge >= 0.3 is 0 Å². The summed E-state index contributed by atoms with van der Waals surface area (Å²) in [5.74, 6) is 0.263. The smallest absolute Gasteiger partial charge is 0.125 e. The van der Waals surface area contributed by atoms with E-state index in [2.05, 4.69) is 27.1 Å². The van der Waals surface area contributed by atoms with Gasteiger partial charge in [0.25, 0.3) is 0 Å². The van der Waals surface area contributed by atoms with E-state index in [4.69, 9.17) is 11.6 Å². The largest absolute Gasteiger partial charge is 0.507 e. The zero-order valence-electron chi connectivity index (χ0n) is 15.1. The number of hydrogen-bond donors (Lipinski definition) is 1. The highest BCUT2D eigenvalue weighted by molar-refractivity contribution is 6.30. The Balaban J connectivity index is 1.39. The normalized spacial score (nSPS) is 15.7. The topological polar surface area (TPSA) is 39.1 Å². The van der Waals surface area contributed by atoms with Gasteiger partial charge < -0.3 is 5.11 Å². The fraction of sp³-hybridized carbons (Fsp3) is 0.227. The van der Waals surface area contributed by atoms with E-state index in [1.807, 2.05) is 42.5 Å². The molecule has 0 amide bonds. The van der Waals surface area contributed by atoms with E-state index in [1.165, 1.54) is 5.56 Å². The second-order valence-electron chi connectivity index (χ2n) is 6.82. The first-order chi connectivity index (χ1) is 13.2. The third-order valence-electron chi connectivity index (χ3n) is 4.97. The van der Waals surface area contributed by atoms with E-state index in [1.54, 1.807) is 12.3 Å². The van der Waals surface area contributed by atoms with Gasteiger partial charge in [0.05, 0.1) is 6.21 Å². The summed E-state index contributed by atoms with van der Waals surface area (Å²) in [6.45, 7) is 4.59. The van der Waals surface area contributed by atoms with Crippen molar-refractivity contribution in [3.8, 4) is 5.75 Å². The lowest BCUT2D eigenvalue weighted by molar-refractivity contribution is 0.131. The van der Waals surface area contributed by atoms with Crippen LogP contribution in [0.3, 0.4) is 0 Å². The van der Waals surface area contributed by atoms with Gasteiger partial charge in [-0.15, -0.1) is 0 Å². The van der Waals surface area contributed by atoms with Crippen LogP contribution >= 0.6 is 11.6 Å². The van der Waals surface area contributed by atoms with Crippen molar-refractivity contribution in [3.63, 3.8) is 0 Å². The molecule has 1 N–H and O–H groups in total. The van der Waals surface area contributed by atoms with Crippen molar-refractivity contribution in [2.24, 2.45) is 5.10 Å². The van der Waals surface area contributed by atoms with Crippen LogP contribution in [0.15, 0.2) is 65.8 Å². The number of hydrogen-bond acceptors (Lipinski definition) is 4. The highest BCUT2D eigenvalue weighted by atomic mass is 35.5. The summed E-state index contributed by atoms with van der Waals surface area (Å²) >= 11 is 5.95. The van der Waals surface area contributed by atoms with Gasteiger partial charge in [0.2, 0.25) is 0 Å². The summed E-state index contributed by atoms with van der Waals surface area (Å²) in [5, 5.41) is 19.8. The Morgan fingerprint density at radius 3 is 2.44 bits per heavy atom. The molecule has 3 aromatic carbocycles. The highest BCUT2D eigenvalue weighted by Gasteiger charge is 2.15. The zero-order chi connectivity index (χ0) is 18.6. The first kappa shape index (κ1) is 17.8. The van der Waals surface area contributed by atoms with Crippen molar-refractivity contribution >= 4 is 28.6 Å². The van der Waals surface area contributed by atoms with E-state index in [-0.39, 0.29) is 5.75 Å². The number of hydrazone groups is 1. The molecule has 0 unspecified atom stereocenters. The molecule has 0 aromatic heterocycles. The van der Waals surface area contributed by atoms with E-state index >= 15 is 0 Å². The Kier molecular flexibility index (Phi) is 5.28. The maximum atomic E-state index is 10.2. The van der Waals surface area contributed by atoms with Gasteiger partial charge in [0.15, 0.2) is 0 Å². The first-order valence-corrected chi connectivity index (χ1v) is 9.53. The quantitative estimate of drug-likeness (QED) is 0.685. The second kappa shape index (κ2) is 7.99. The van der Waals surface area contributed by atoms with Crippen molar-refractivity contribution < 1.29 is 5.11 Å². The van der Waals surface area contributed by atoms with Gasteiger partial charge in [-0.05, 0) is 34.5 Å². The van der Waals surface area contributed by atoms with Gasteiger partial charge in [-0.2, -0.15) is 5.10 Å². The molecule has 4 rings (SSSR count). The summed E-state index contributed by atoms with van der Waals surface area (Å²) in [4.78, 5) is 2.42. The van der Waals surface area contributed by atoms with E-state index < -0.39 is 0 Å². The lowest BCUT2D eigenvalue weighted by Gasteiger charge is -2.33. The fourth-order valence-corrected chi connectivity index (χ4v) is 3.54. The number of piperazine rings is 1. The Morgan fingerprint density at radius 1 is 0.926 bits per heavy atom. The van der Waals surface area contributed by atoms with Crippen LogP contribution in [-0.2, 0) is 6.54 Å². The van der Waals surface area contributed by atoms with Crippen molar-refractivity contribution in [2.45, 2.75) is 6.54 Å². The van der Waals surface area contributed by atoms with Crippen LogP contribution in [0.25, 0.3) is 10.8 Å². The molecule has 1 aliphatic rings. The fourth-order valence-electron chi connectivity index (χ4n) is 3.42. The lowest BCUT2D eigenvalue weighted by Crippen LogP contribution is -2.43. The molecule has 1 fully saturated rings. The predicted octanol–water partition coefficient (Wildman–Crippen LogP) is 4.35. The summed E-state index contributed by atoms with van der Waals surface area (Å²) in [7, 11) is 0. The van der Waals surface area contributed by atoms with Crippen LogP contribution in [0.1, 0.15) is 11.1 Å². The maximum Gasteiger partial charge on any atom is 0.125 e.